The number of nitrogens with zero attached hydrogens (tertiary/aromatic N) is 5. The summed E-state index contributed by atoms with van der Waals surface area (Å²) >= 11 is 6.56. The Labute approximate surface area is 249 Å². The van der Waals surface area contributed by atoms with Gasteiger partial charge in [0.2, 0.25) is 0 Å². The van der Waals surface area contributed by atoms with Crippen molar-refractivity contribution in [1.29, 1.82) is 0 Å². The van der Waals surface area contributed by atoms with Gasteiger partial charge in [-0.1, -0.05) is 11.6 Å². The Kier molecular flexibility index (Phi) is 6.86. The molecule has 14 heteroatoms. The number of halogens is 6. The Balaban J connectivity index is 1.38. The number of aryl methyl sites for hydroxylation is 1. The number of benzene rings is 1. The van der Waals surface area contributed by atoms with E-state index in [4.69, 9.17) is 27.1 Å². The summed E-state index contributed by atoms with van der Waals surface area (Å²) in [4.78, 5) is 17.1. The van der Waals surface area contributed by atoms with Crippen molar-refractivity contribution in [3.05, 3.63) is 34.1 Å². The van der Waals surface area contributed by atoms with Crippen LogP contribution in [0.5, 0.6) is 6.01 Å². The topological polar surface area (TPSA) is 92.4 Å². The molecule has 4 aliphatic rings. The van der Waals surface area contributed by atoms with E-state index in [2.05, 4.69) is 20.2 Å². The molecule has 3 aromatic rings. The molecule has 4 atom stereocenters. The number of rotatable bonds is 5. The van der Waals surface area contributed by atoms with Crippen LogP contribution in [0.4, 0.5) is 33.6 Å². The average molecular weight is 624 g/mol. The first-order valence-electron chi connectivity index (χ1n) is 14.5. The smallest absolute Gasteiger partial charge is 0.418 e. The molecule has 7 rings (SSSR count). The number of ether oxygens (including phenoxy) is 1. The van der Waals surface area contributed by atoms with E-state index in [0.29, 0.717) is 31.9 Å². The number of anilines is 2. The molecule has 230 valence electrons. The van der Waals surface area contributed by atoms with E-state index in [9.17, 15) is 17.6 Å². The predicted octanol–water partition coefficient (Wildman–Crippen LogP) is 5.29. The maximum Gasteiger partial charge on any atom is 0.418 e. The SMILES string of the molecule is Cc1cc(N)nc(-c2c(Cl)cc3c(N4CC5CCC(C4)N5)nc(OC[C@@]45CCCN4C[C@H](F)C5)nc3c2F)c1C(F)(F)F. The van der Waals surface area contributed by atoms with Crippen molar-refractivity contribution >= 4 is 34.1 Å². The van der Waals surface area contributed by atoms with Gasteiger partial charge in [0.15, 0.2) is 5.82 Å². The lowest BCUT2D eigenvalue weighted by Crippen LogP contribution is -2.51. The zero-order chi connectivity index (χ0) is 30.3. The van der Waals surface area contributed by atoms with E-state index in [-0.39, 0.29) is 52.0 Å². The Morgan fingerprint density at radius 3 is 2.60 bits per heavy atom. The van der Waals surface area contributed by atoms with Crippen molar-refractivity contribution in [3.8, 4) is 17.3 Å². The molecule has 6 heterocycles. The Morgan fingerprint density at radius 2 is 1.88 bits per heavy atom. The molecule has 43 heavy (non-hydrogen) atoms. The number of pyridine rings is 1. The molecule has 3 N–H and O–H groups in total. The van der Waals surface area contributed by atoms with Gasteiger partial charge in [0.1, 0.15) is 29.9 Å². The molecule has 2 aromatic heterocycles. The summed E-state index contributed by atoms with van der Waals surface area (Å²) in [6.45, 7) is 3.64. The van der Waals surface area contributed by atoms with Crippen LogP contribution in [-0.4, -0.2) is 76.4 Å². The Morgan fingerprint density at radius 1 is 1.14 bits per heavy atom. The highest BCUT2D eigenvalue weighted by Crippen LogP contribution is 2.45. The summed E-state index contributed by atoms with van der Waals surface area (Å²) in [5, 5.41) is 3.52. The normalized spacial score (nSPS) is 27.3. The fraction of sp³-hybridized carbons (Fsp3) is 0.552. The number of nitrogens with two attached hydrogens (primary N) is 1. The van der Waals surface area contributed by atoms with Gasteiger partial charge >= 0.3 is 12.2 Å². The van der Waals surface area contributed by atoms with Gasteiger partial charge in [0.05, 0.1) is 27.4 Å². The molecule has 0 saturated carbocycles. The number of fused-ring (bicyclic) bond motifs is 4. The highest BCUT2D eigenvalue weighted by atomic mass is 35.5. The van der Waals surface area contributed by atoms with E-state index in [1.807, 2.05) is 4.90 Å². The fourth-order valence-electron chi connectivity index (χ4n) is 7.54. The van der Waals surface area contributed by atoms with Crippen molar-refractivity contribution in [2.75, 3.05) is 43.4 Å². The molecular weight excluding hydrogens is 593 g/mol. The summed E-state index contributed by atoms with van der Waals surface area (Å²) < 4.78 is 79.7. The van der Waals surface area contributed by atoms with E-state index in [1.165, 1.54) is 13.0 Å². The van der Waals surface area contributed by atoms with E-state index in [1.54, 1.807) is 0 Å². The van der Waals surface area contributed by atoms with Gasteiger partial charge in [-0.15, -0.1) is 0 Å². The molecule has 0 aliphatic carbocycles. The molecule has 4 saturated heterocycles. The summed E-state index contributed by atoms with van der Waals surface area (Å²) in [6, 6.07) is 2.78. The Bertz CT molecular complexity index is 1590. The number of piperazine rings is 1. The Hall–Kier alpha value is -3.03. The molecule has 0 amide bonds. The number of hydrogen-bond donors (Lipinski definition) is 2. The van der Waals surface area contributed by atoms with Gasteiger partial charge in [0, 0.05) is 43.5 Å². The van der Waals surface area contributed by atoms with Crippen LogP contribution < -0.4 is 20.7 Å². The summed E-state index contributed by atoms with van der Waals surface area (Å²) in [7, 11) is 0. The molecule has 2 unspecified atom stereocenters. The first-order valence-corrected chi connectivity index (χ1v) is 14.9. The van der Waals surface area contributed by atoms with Crippen molar-refractivity contribution < 1.29 is 26.7 Å². The van der Waals surface area contributed by atoms with E-state index < -0.39 is 40.5 Å². The number of hydrogen-bond acceptors (Lipinski definition) is 8. The van der Waals surface area contributed by atoms with Gasteiger partial charge in [-0.25, -0.2) is 13.8 Å². The second kappa shape index (κ2) is 10.3. The summed E-state index contributed by atoms with van der Waals surface area (Å²) in [5.74, 6) is -0.903. The van der Waals surface area contributed by atoms with Crippen LogP contribution in [0.2, 0.25) is 5.02 Å². The van der Waals surface area contributed by atoms with Crippen LogP contribution in [0.1, 0.15) is 43.2 Å². The van der Waals surface area contributed by atoms with Crippen LogP contribution in [0.3, 0.4) is 0 Å². The van der Waals surface area contributed by atoms with Crippen LogP contribution in [0.25, 0.3) is 22.2 Å². The quantitative estimate of drug-likeness (QED) is 0.371. The second-order valence-electron chi connectivity index (χ2n) is 12.3. The van der Waals surface area contributed by atoms with E-state index >= 15 is 4.39 Å². The number of alkyl halides is 4. The fourth-order valence-corrected chi connectivity index (χ4v) is 7.82. The molecule has 1 aromatic carbocycles. The van der Waals surface area contributed by atoms with Gasteiger partial charge in [0.25, 0.3) is 0 Å². The number of aromatic nitrogens is 3. The minimum atomic E-state index is -4.85. The highest BCUT2D eigenvalue weighted by molar-refractivity contribution is 6.34. The van der Waals surface area contributed by atoms with Crippen molar-refractivity contribution in [2.24, 2.45) is 0 Å². The maximum atomic E-state index is 16.6. The lowest BCUT2D eigenvalue weighted by atomic mass is 9.95. The zero-order valence-corrected chi connectivity index (χ0v) is 24.2. The molecule has 0 spiro atoms. The molecule has 4 fully saturated rings. The van der Waals surface area contributed by atoms with Crippen LogP contribution in [0, 0.1) is 12.7 Å². The van der Waals surface area contributed by atoms with Gasteiger partial charge in [-0.3, -0.25) is 4.90 Å². The third kappa shape index (κ3) is 4.93. The van der Waals surface area contributed by atoms with Gasteiger partial charge < -0.3 is 20.7 Å². The lowest BCUT2D eigenvalue weighted by Gasteiger charge is -2.34. The van der Waals surface area contributed by atoms with Gasteiger partial charge in [-0.2, -0.15) is 23.1 Å². The lowest BCUT2D eigenvalue weighted by molar-refractivity contribution is -0.137. The third-order valence-electron chi connectivity index (χ3n) is 9.35. The molecule has 2 bridgehead atoms. The van der Waals surface area contributed by atoms with Crippen molar-refractivity contribution in [1.82, 2.24) is 25.2 Å². The summed E-state index contributed by atoms with van der Waals surface area (Å²) in [6.07, 6.45) is -1.86. The minimum Gasteiger partial charge on any atom is -0.461 e. The number of nitrogens with one attached hydrogen (secondary N) is 1. The predicted molar refractivity (Wildman–Crippen MR) is 153 cm³/mol. The average Bonchev–Trinajstić information content (AvgIpc) is 3.56. The van der Waals surface area contributed by atoms with Crippen LogP contribution in [-0.2, 0) is 6.18 Å². The van der Waals surface area contributed by atoms with Crippen LogP contribution in [0.15, 0.2) is 12.1 Å². The second-order valence-corrected chi connectivity index (χ2v) is 12.7. The largest absolute Gasteiger partial charge is 0.461 e. The first kappa shape index (κ1) is 28.7. The molecular formula is C29H31ClF5N7O. The maximum absolute atomic E-state index is 16.6. The summed E-state index contributed by atoms with van der Waals surface area (Å²) in [5.41, 5.74) is 2.47. The molecule has 8 nitrogen and oxygen atoms in total. The van der Waals surface area contributed by atoms with E-state index in [0.717, 1.165) is 38.3 Å². The molecule has 0 radical (unpaired) electrons. The van der Waals surface area contributed by atoms with Crippen molar-refractivity contribution in [3.63, 3.8) is 0 Å². The third-order valence-corrected chi connectivity index (χ3v) is 9.64. The van der Waals surface area contributed by atoms with Gasteiger partial charge in [-0.05, 0) is 56.8 Å². The number of nitrogen functional groups attached to an aromatic ring is 1. The highest BCUT2D eigenvalue weighted by Gasteiger charge is 2.49. The standard InChI is InChI=1S/C29H31ClF5N7O/c1-14-7-20(36)38-25(22(14)29(33,34)35)21-19(30)8-18-24(23(21)32)39-27(40-26(18)41-11-16-3-4-17(12-41)37-16)43-13-28-5-2-6-42(28)10-15(31)9-28/h7-8,15-17,37H,2-6,9-13H2,1H3,(H2,36,38)/t15-,16?,17?,28+/m1/s1. The van der Waals surface area contributed by atoms with Crippen LogP contribution >= 0.6 is 11.6 Å². The monoisotopic (exact) mass is 623 g/mol. The van der Waals surface area contributed by atoms with Crippen molar-refractivity contribution in [2.45, 2.75) is 69.0 Å². The minimum absolute atomic E-state index is 0.113. The molecule has 4 aliphatic heterocycles. The zero-order valence-electron chi connectivity index (χ0n) is 23.4. The first-order chi connectivity index (χ1) is 20.4.